The van der Waals surface area contributed by atoms with Crippen molar-refractivity contribution in [1.29, 1.82) is 0 Å². The highest BCUT2D eigenvalue weighted by atomic mass is 17.0. The van der Waals surface area contributed by atoms with Gasteiger partial charge < -0.3 is 66.3 Å². The maximum atomic E-state index is 17.0. The van der Waals surface area contributed by atoms with Gasteiger partial charge in [-0.2, -0.15) is 0 Å². The molecule has 8 atom stereocenters. The molecule has 0 aromatic heterocycles. The Morgan fingerprint density at radius 3 is 0.617 bits per heavy atom. The van der Waals surface area contributed by atoms with Crippen LogP contribution in [0.1, 0.15) is 124 Å². The summed E-state index contributed by atoms with van der Waals surface area (Å²) in [5, 5.41) is 0. The second-order valence-electron chi connectivity index (χ2n) is 14.2. The van der Waals surface area contributed by atoms with Gasteiger partial charge in [0, 0.05) is 124 Å². The lowest BCUT2D eigenvalue weighted by Gasteiger charge is -2.58. The summed E-state index contributed by atoms with van der Waals surface area (Å²) in [5.41, 5.74) is -5.04. The molecule has 19 nitrogen and oxygen atoms in total. The van der Waals surface area contributed by atoms with Gasteiger partial charge in [0.2, 0.25) is 17.4 Å². The minimum Gasteiger partial charge on any atom is -0.331 e. The first kappa shape index (κ1) is 58.9. The van der Waals surface area contributed by atoms with Crippen LogP contribution < -0.4 is 0 Å². The van der Waals surface area contributed by atoms with Crippen molar-refractivity contribution in [3.05, 3.63) is 0 Å². The minimum absolute atomic E-state index is 0.0623. The number of Topliss-reactive ketones (excluding diaryl/α,β-unsaturated/α-hetero) is 1. The first-order valence-corrected chi connectivity index (χ1v) is 20.6. The summed E-state index contributed by atoms with van der Waals surface area (Å²) in [6.45, 7) is 25.9. The Morgan fingerprint density at radius 1 is 0.317 bits per heavy atom. The van der Waals surface area contributed by atoms with Gasteiger partial charge >= 0.3 is 0 Å². The van der Waals surface area contributed by atoms with E-state index in [-0.39, 0.29) is 52.5 Å². The lowest BCUT2D eigenvalue weighted by molar-refractivity contribution is -0.534. The van der Waals surface area contributed by atoms with Crippen LogP contribution in [0.25, 0.3) is 0 Å². The van der Waals surface area contributed by atoms with Crippen molar-refractivity contribution in [2.24, 2.45) is 0 Å². The average Bonchev–Trinajstić information content (AvgIpc) is 3.19. The first-order valence-electron chi connectivity index (χ1n) is 20.6. The van der Waals surface area contributed by atoms with Crippen LogP contribution in [-0.4, -0.2) is 147 Å². The Hall–Kier alpha value is -1.05. The van der Waals surface area contributed by atoms with E-state index in [1.165, 1.54) is 98.0 Å². The summed E-state index contributed by atoms with van der Waals surface area (Å²) in [6, 6.07) is 0. The second-order valence-corrected chi connectivity index (χ2v) is 14.2. The molecule has 0 saturated heterocycles. The number of hydrogen-bond acceptors (Lipinski definition) is 19. The molecular weight excluding hydrogens is 796 g/mol. The van der Waals surface area contributed by atoms with Gasteiger partial charge in [0.25, 0.3) is 35.8 Å². The molecule has 8 unspecified atom stereocenters. The number of methoxy groups -OCH3 is 6. The van der Waals surface area contributed by atoms with Gasteiger partial charge in [0.05, 0.1) is 0 Å². The third-order valence-corrected chi connectivity index (χ3v) is 10.1. The third kappa shape index (κ3) is 14.0. The average molecular weight is 879 g/mol. The fourth-order valence-electron chi connectivity index (χ4n) is 6.90. The maximum Gasteiger partial charge on any atom is 0.282 e. The number of rotatable bonds is 36. The van der Waals surface area contributed by atoms with Crippen LogP contribution in [-0.2, 0) is 90.1 Å². The van der Waals surface area contributed by atoms with Gasteiger partial charge in [-0.3, -0.25) is 23.7 Å². The Kier molecular flexibility index (Phi) is 23.9. The van der Waals surface area contributed by atoms with Crippen LogP contribution in [0.3, 0.4) is 0 Å². The summed E-state index contributed by atoms with van der Waals surface area (Å²) in [6.07, 6.45) is -0.600. The molecule has 0 amide bonds. The van der Waals surface area contributed by atoms with Crippen LogP contribution in [0.15, 0.2) is 0 Å². The Labute approximate surface area is 360 Å². The molecule has 0 spiro atoms. The maximum absolute atomic E-state index is 17.0. The quantitative estimate of drug-likeness (QED) is 0.0619. The Bertz CT molecular complexity index is 1110. The molecule has 19 heteroatoms. The van der Waals surface area contributed by atoms with E-state index in [2.05, 4.69) is 0 Å². The van der Waals surface area contributed by atoms with E-state index in [0.29, 0.717) is 0 Å². The van der Waals surface area contributed by atoms with Crippen LogP contribution in [0.2, 0.25) is 0 Å². The summed E-state index contributed by atoms with van der Waals surface area (Å²) < 4.78 is 112. The molecule has 0 aliphatic carbocycles. The predicted octanol–water partition coefficient (Wildman–Crippen LogP) is 6.52. The minimum atomic E-state index is -2.52. The van der Waals surface area contributed by atoms with Crippen molar-refractivity contribution in [1.82, 2.24) is 0 Å². The van der Waals surface area contributed by atoms with E-state index in [9.17, 15) is 0 Å². The summed E-state index contributed by atoms with van der Waals surface area (Å²) in [5.74, 6) is -17.6. The van der Waals surface area contributed by atoms with E-state index in [4.69, 9.17) is 85.3 Å². The van der Waals surface area contributed by atoms with Gasteiger partial charge in [0.1, 0.15) is 0 Å². The highest BCUT2D eigenvalue weighted by Gasteiger charge is 2.74. The molecule has 0 heterocycles. The lowest BCUT2D eigenvalue weighted by atomic mass is 9.72. The van der Waals surface area contributed by atoms with Crippen molar-refractivity contribution >= 4 is 5.78 Å². The zero-order valence-electron chi connectivity index (χ0n) is 40.9. The smallest absolute Gasteiger partial charge is 0.282 e. The van der Waals surface area contributed by atoms with Crippen LogP contribution in [0.4, 0.5) is 0 Å². The van der Waals surface area contributed by atoms with Crippen molar-refractivity contribution in [2.75, 3.05) is 82.3 Å². The van der Waals surface area contributed by atoms with Gasteiger partial charge in [0.15, 0.2) is 11.2 Å². The van der Waals surface area contributed by atoms with Gasteiger partial charge in [-0.1, -0.05) is 13.8 Å². The third-order valence-electron chi connectivity index (χ3n) is 10.1. The van der Waals surface area contributed by atoms with E-state index in [1.54, 1.807) is 55.4 Å². The van der Waals surface area contributed by atoms with E-state index in [0.717, 1.165) is 0 Å². The van der Waals surface area contributed by atoms with Gasteiger partial charge in [-0.15, -0.1) is 0 Å². The van der Waals surface area contributed by atoms with E-state index < -0.39 is 64.4 Å². The van der Waals surface area contributed by atoms with Crippen molar-refractivity contribution in [3.8, 4) is 0 Å². The number of ketones is 1. The highest BCUT2D eigenvalue weighted by molar-refractivity contribution is 5.97. The molecule has 0 aliphatic rings. The normalized spacial score (nSPS) is 22.6. The number of carbonyl (C=O) groups excluding carboxylic acids is 1. The number of carbonyl (C=O) groups is 1. The van der Waals surface area contributed by atoms with Crippen LogP contribution in [0.5, 0.6) is 0 Å². The van der Waals surface area contributed by atoms with E-state index >= 15 is 4.79 Å². The first-order chi connectivity index (χ1) is 27.7. The lowest BCUT2D eigenvalue weighted by Crippen LogP contribution is -2.78. The molecule has 0 aliphatic heterocycles. The summed E-state index contributed by atoms with van der Waals surface area (Å²) >= 11 is 0. The Balaban J connectivity index is 9.60. The number of ether oxygens (including phenoxy) is 18. The molecule has 60 heavy (non-hydrogen) atoms. The molecule has 0 saturated carbocycles. The topological polar surface area (TPSA) is 183 Å². The van der Waals surface area contributed by atoms with Crippen molar-refractivity contribution < 1.29 is 90.1 Å². The van der Waals surface area contributed by atoms with Crippen LogP contribution >= 0.6 is 0 Å². The number of hydrogen-bond donors (Lipinski definition) is 0. The van der Waals surface area contributed by atoms with Gasteiger partial charge in [-0.05, 0) is 68.2 Å². The van der Waals surface area contributed by atoms with Crippen LogP contribution in [0, 0.1) is 0 Å². The standard InChI is InChI=1S/C41H82O19/c1-23-40(59-38(15,47-21)53-29-7,32(9,55-34(11,43-17)49-25-3)56-35(12,44-18)50-26-4)31(42)41(24-2,60-39(16,48-22)54-30-8)33(10,57-36(13,45-19)51-27-5)58-37(14,46-20)52-28-6/h23-30H2,1-22H3. The highest BCUT2D eigenvalue weighted by Crippen LogP contribution is 2.52. The molecule has 0 radical (unpaired) electrons. The van der Waals surface area contributed by atoms with Crippen molar-refractivity contribution in [3.63, 3.8) is 0 Å². The monoisotopic (exact) mass is 879 g/mol. The summed E-state index contributed by atoms with van der Waals surface area (Å²) in [7, 11) is 8.10. The molecule has 0 aromatic carbocycles. The largest absolute Gasteiger partial charge is 0.331 e. The van der Waals surface area contributed by atoms with Gasteiger partial charge in [-0.25, -0.2) is 0 Å². The van der Waals surface area contributed by atoms with Crippen molar-refractivity contribution in [2.45, 2.75) is 182 Å². The predicted molar refractivity (Wildman–Crippen MR) is 217 cm³/mol. The molecule has 0 bridgehead atoms. The molecule has 0 fully saturated rings. The molecule has 0 aromatic rings. The molecular formula is C41H82O19. The summed E-state index contributed by atoms with van der Waals surface area (Å²) in [4.78, 5) is 17.0. The second kappa shape index (κ2) is 24.3. The fraction of sp³-hybridized carbons (Fsp3) is 0.976. The Morgan fingerprint density at radius 2 is 0.483 bits per heavy atom. The van der Waals surface area contributed by atoms with E-state index in [1.807, 2.05) is 0 Å². The zero-order chi connectivity index (χ0) is 47.0. The SMILES string of the molecule is CCOC(C)(OC)OC(C)(OC(C)(OC)OCC)C(CC)(OC(C)(OC)OCC)C(=O)C(CC)(OC(C)(OC)OCC)C(C)(OC(C)(OC)OCC)OC(C)(OC)OCC. The zero-order valence-corrected chi connectivity index (χ0v) is 40.9. The molecule has 0 rings (SSSR count). The molecule has 360 valence electrons. The fourth-order valence-corrected chi connectivity index (χ4v) is 6.90. The molecule has 0 N–H and O–H groups in total.